The molecule has 58 heavy (non-hydrogen) atoms. The van der Waals surface area contributed by atoms with Gasteiger partial charge in [-0.1, -0.05) is 158 Å². The van der Waals surface area contributed by atoms with Crippen LogP contribution in [0.4, 0.5) is 0 Å². The lowest BCUT2D eigenvalue weighted by Crippen LogP contribution is -2.06. The molecule has 0 fully saturated rings. The van der Waals surface area contributed by atoms with Crippen molar-refractivity contribution in [2.75, 3.05) is 0 Å². The average Bonchev–Trinajstić information content (AvgIpc) is 3.81. The van der Waals surface area contributed by atoms with Crippen molar-refractivity contribution in [3.63, 3.8) is 0 Å². The summed E-state index contributed by atoms with van der Waals surface area (Å²) in [6.45, 7) is 0. The summed E-state index contributed by atoms with van der Waals surface area (Å²) < 4.78 is 4.69. The van der Waals surface area contributed by atoms with E-state index in [2.05, 4.69) is 179 Å². The van der Waals surface area contributed by atoms with Gasteiger partial charge in [0.2, 0.25) is 0 Å². The van der Waals surface area contributed by atoms with Crippen LogP contribution in [0, 0.1) is 11.3 Å². The molecule has 270 valence electrons. The third kappa shape index (κ3) is 5.41. The molecule has 3 heterocycles. The predicted molar refractivity (Wildman–Crippen MR) is 239 cm³/mol. The third-order valence-corrected chi connectivity index (χ3v) is 11.3. The molecule has 0 bridgehead atoms. The number of benzene rings is 8. The fourth-order valence-corrected chi connectivity index (χ4v) is 8.72. The van der Waals surface area contributed by atoms with Gasteiger partial charge in [0.1, 0.15) is 0 Å². The van der Waals surface area contributed by atoms with Crippen molar-refractivity contribution in [1.82, 2.24) is 14.1 Å². The van der Waals surface area contributed by atoms with Gasteiger partial charge in [-0.05, 0) is 70.8 Å². The number of aromatic nitrogens is 3. The summed E-state index contributed by atoms with van der Waals surface area (Å²) in [7, 11) is 0. The van der Waals surface area contributed by atoms with Gasteiger partial charge < -0.3 is 9.13 Å². The molecule has 0 aliphatic carbocycles. The second-order valence-corrected chi connectivity index (χ2v) is 14.7. The van der Waals surface area contributed by atoms with Gasteiger partial charge in [0.15, 0.2) is 0 Å². The average molecular weight is 739 g/mol. The van der Waals surface area contributed by atoms with Gasteiger partial charge in [-0.2, -0.15) is 5.26 Å². The highest BCUT2D eigenvalue weighted by Crippen LogP contribution is 2.44. The molecule has 0 aliphatic heterocycles. The molecule has 0 saturated heterocycles. The Balaban J connectivity index is 1.30. The molecule has 4 nitrogen and oxygen atoms in total. The fraction of sp³-hybridized carbons (Fsp3) is 0. The number of fused-ring (bicyclic) bond motifs is 6. The molecular weight excluding hydrogens is 705 g/mol. The normalized spacial score (nSPS) is 11.4. The van der Waals surface area contributed by atoms with Crippen LogP contribution in [0.25, 0.3) is 99.8 Å². The van der Waals surface area contributed by atoms with Crippen LogP contribution in [0.5, 0.6) is 0 Å². The van der Waals surface area contributed by atoms with E-state index < -0.39 is 0 Å². The molecule has 11 rings (SSSR count). The van der Waals surface area contributed by atoms with Crippen LogP contribution in [0.2, 0.25) is 0 Å². The third-order valence-electron chi connectivity index (χ3n) is 11.3. The quantitative estimate of drug-likeness (QED) is 0.170. The minimum absolute atomic E-state index is 0.559. The van der Waals surface area contributed by atoms with Gasteiger partial charge in [0, 0.05) is 32.7 Å². The van der Waals surface area contributed by atoms with E-state index in [1.165, 1.54) is 0 Å². The minimum Gasteiger partial charge on any atom is -0.308 e. The van der Waals surface area contributed by atoms with Crippen molar-refractivity contribution >= 4 is 43.6 Å². The molecule has 3 aromatic heterocycles. The number of nitrogens with zero attached hydrogens (tertiary/aromatic N) is 4. The summed E-state index contributed by atoms with van der Waals surface area (Å²) >= 11 is 0. The maximum atomic E-state index is 10.9. The summed E-state index contributed by atoms with van der Waals surface area (Å²) in [5.41, 5.74) is 14.7. The van der Waals surface area contributed by atoms with Gasteiger partial charge >= 0.3 is 0 Å². The smallest absolute Gasteiger partial charge is 0.0993 e. The number of rotatable bonds is 6. The van der Waals surface area contributed by atoms with Crippen molar-refractivity contribution in [2.45, 2.75) is 0 Å². The van der Waals surface area contributed by atoms with E-state index in [4.69, 9.17) is 4.98 Å². The first kappa shape index (κ1) is 33.3. The SMILES string of the molecule is N#Cc1cc(-n2c3ccccc3c3ccc(-c4ccccc4)cc32)c(-c2cccc(-c3ccccc3)n2)c(-n2c3ccccc3c3ccc(-c4ccccc4)cc32)c1. The molecule has 8 aromatic carbocycles. The van der Waals surface area contributed by atoms with Gasteiger partial charge in [0.25, 0.3) is 0 Å². The Hall–Kier alpha value is -8.00. The van der Waals surface area contributed by atoms with Gasteiger partial charge in [0.05, 0.1) is 56.5 Å². The van der Waals surface area contributed by atoms with Gasteiger partial charge in [-0.3, -0.25) is 0 Å². The molecule has 0 atom stereocenters. The monoisotopic (exact) mass is 738 g/mol. The number of para-hydroxylation sites is 2. The zero-order valence-electron chi connectivity index (χ0n) is 31.4. The fourth-order valence-electron chi connectivity index (χ4n) is 8.72. The van der Waals surface area contributed by atoms with Crippen LogP contribution in [-0.4, -0.2) is 14.1 Å². The molecule has 4 heteroatoms. The highest BCUT2D eigenvalue weighted by molar-refractivity contribution is 6.13. The highest BCUT2D eigenvalue weighted by atomic mass is 15.0. The Morgan fingerprint density at radius 2 is 0.776 bits per heavy atom. The van der Waals surface area contributed by atoms with Crippen molar-refractivity contribution < 1.29 is 0 Å². The van der Waals surface area contributed by atoms with Gasteiger partial charge in [-0.15, -0.1) is 0 Å². The Labute approximate surface area is 335 Å². The first-order chi connectivity index (χ1) is 28.7. The predicted octanol–water partition coefficient (Wildman–Crippen LogP) is 13.8. The van der Waals surface area contributed by atoms with E-state index in [9.17, 15) is 5.26 Å². The Kier molecular flexibility index (Phi) is 7.84. The molecule has 0 saturated carbocycles. The van der Waals surface area contributed by atoms with Crippen molar-refractivity contribution in [3.8, 4) is 62.2 Å². The zero-order chi connectivity index (χ0) is 38.6. The van der Waals surface area contributed by atoms with E-state index in [1.54, 1.807) is 0 Å². The Morgan fingerprint density at radius 3 is 1.28 bits per heavy atom. The van der Waals surface area contributed by atoms with Crippen LogP contribution in [-0.2, 0) is 0 Å². The largest absolute Gasteiger partial charge is 0.308 e. The molecule has 0 radical (unpaired) electrons. The number of hydrogen-bond donors (Lipinski definition) is 0. The molecule has 0 amide bonds. The van der Waals surface area contributed by atoms with Crippen LogP contribution in [0.3, 0.4) is 0 Å². The van der Waals surface area contributed by atoms with E-state index in [-0.39, 0.29) is 0 Å². The van der Waals surface area contributed by atoms with Crippen LogP contribution in [0.15, 0.2) is 206 Å². The van der Waals surface area contributed by atoms with Crippen LogP contribution >= 0.6 is 0 Å². The number of nitriles is 1. The zero-order valence-corrected chi connectivity index (χ0v) is 31.4. The Bertz CT molecular complexity index is 3210. The van der Waals surface area contributed by atoms with Crippen molar-refractivity contribution in [1.29, 1.82) is 5.26 Å². The van der Waals surface area contributed by atoms with Gasteiger partial charge in [-0.25, -0.2) is 4.98 Å². The highest BCUT2D eigenvalue weighted by Gasteiger charge is 2.24. The molecule has 0 spiro atoms. The van der Waals surface area contributed by atoms with E-state index in [0.717, 1.165) is 99.8 Å². The summed E-state index contributed by atoms with van der Waals surface area (Å²) in [6.07, 6.45) is 0. The molecule has 0 unspecified atom stereocenters. The summed E-state index contributed by atoms with van der Waals surface area (Å²) in [4.78, 5) is 5.45. The lowest BCUT2D eigenvalue weighted by Gasteiger charge is -2.21. The standard InChI is InChI=1S/C54H34N4/c55-35-36-31-52(57-48-25-12-10-21-42(48)44-29-27-40(33-50(44)57)37-15-4-1-5-16-37)54(47-24-14-23-46(56-47)39-19-8-3-9-20-39)53(32-36)58-49-26-13-11-22-43(49)45-30-28-41(34-51(45)58)38-17-6-2-7-18-38/h1-34H. The minimum atomic E-state index is 0.559. The molecule has 0 aliphatic rings. The maximum absolute atomic E-state index is 10.9. The first-order valence-electron chi connectivity index (χ1n) is 19.5. The molecule has 11 aromatic rings. The molecule has 0 N–H and O–H groups in total. The molecular formula is C54H34N4. The second-order valence-electron chi connectivity index (χ2n) is 14.7. The second kappa shape index (κ2) is 13.6. The maximum Gasteiger partial charge on any atom is 0.0993 e. The summed E-state index contributed by atoms with van der Waals surface area (Å²) in [5, 5.41) is 15.5. The Morgan fingerprint density at radius 1 is 0.345 bits per heavy atom. The van der Waals surface area contributed by atoms with E-state index >= 15 is 0 Å². The van der Waals surface area contributed by atoms with E-state index in [1.807, 2.05) is 42.5 Å². The van der Waals surface area contributed by atoms with Crippen molar-refractivity contribution in [2.24, 2.45) is 0 Å². The summed E-state index contributed by atoms with van der Waals surface area (Å²) in [5.74, 6) is 0. The topological polar surface area (TPSA) is 46.5 Å². The first-order valence-corrected chi connectivity index (χ1v) is 19.5. The number of hydrogen-bond acceptors (Lipinski definition) is 2. The van der Waals surface area contributed by atoms with Crippen molar-refractivity contribution in [3.05, 3.63) is 212 Å². The van der Waals surface area contributed by atoms with Crippen LogP contribution < -0.4 is 0 Å². The number of pyridine rings is 1. The lowest BCUT2D eigenvalue weighted by molar-refractivity contribution is 1.12. The summed E-state index contributed by atoms with van der Waals surface area (Å²) in [6, 6.07) is 74.9. The van der Waals surface area contributed by atoms with Crippen LogP contribution in [0.1, 0.15) is 5.56 Å². The lowest BCUT2D eigenvalue weighted by atomic mass is 10.00. The van der Waals surface area contributed by atoms with E-state index in [0.29, 0.717) is 5.56 Å².